The highest BCUT2D eigenvalue weighted by molar-refractivity contribution is 7.87. The van der Waals surface area contributed by atoms with Crippen LogP contribution in [-0.2, 0) is 15.0 Å². The van der Waals surface area contributed by atoms with E-state index in [2.05, 4.69) is 10.0 Å². The minimum Gasteiger partial charge on any atom is -0.325 e. The summed E-state index contributed by atoms with van der Waals surface area (Å²) in [6.45, 7) is 8.61. The van der Waals surface area contributed by atoms with E-state index in [1.165, 1.54) is 28.6 Å². The number of hydrogen-bond donors (Lipinski definition) is 2. The van der Waals surface area contributed by atoms with Gasteiger partial charge >= 0.3 is 0 Å². The van der Waals surface area contributed by atoms with Gasteiger partial charge in [-0.3, -0.25) is 4.79 Å². The number of nitrogens with zero attached hydrogens (tertiary/aromatic N) is 1. The number of rotatable bonds is 11. The molecule has 0 atom stereocenters. The normalized spacial score (nSPS) is 12.2. The molecule has 6 nitrogen and oxygen atoms in total. The van der Waals surface area contributed by atoms with E-state index in [4.69, 9.17) is 0 Å². The Balaban J connectivity index is 2.63. The maximum absolute atomic E-state index is 12.9. The van der Waals surface area contributed by atoms with Gasteiger partial charge in [0, 0.05) is 18.8 Å². The standard InChI is InChI=1S/C18H30FN3O3S/c1-14(2)9-11-22(12-10-15(3)4)26(24,25)20-13-18(23)21-17-7-5-16(19)6-8-17/h5-8,14-15,20H,9-13H2,1-4H3,(H,21,23). The third-order valence-electron chi connectivity index (χ3n) is 3.79. The maximum Gasteiger partial charge on any atom is 0.279 e. The molecule has 26 heavy (non-hydrogen) atoms. The smallest absolute Gasteiger partial charge is 0.279 e. The van der Waals surface area contributed by atoms with Crippen molar-refractivity contribution in [1.82, 2.24) is 9.03 Å². The predicted molar refractivity (Wildman–Crippen MR) is 102 cm³/mol. The van der Waals surface area contributed by atoms with E-state index in [0.717, 1.165) is 12.8 Å². The van der Waals surface area contributed by atoms with E-state index >= 15 is 0 Å². The third-order valence-corrected chi connectivity index (χ3v) is 5.35. The average molecular weight is 388 g/mol. The number of amides is 1. The van der Waals surface area contributed by atoms with Crippen LogP contribution in [0, 0.1) is 17.7 Å². The van der Waals surface area contributed by atoms with Crippen LogP contribution in [0.4, 0.5) is 10.1 Å². The van der Waals surface area contributed by atoms with Crippen LogP contribution in [0.5, 0.6) is 0 Å². The molecule has 0 saturated carbocycles. The van der Waals surface area contributed by atoms with Gasteiger partial charge in [0.15, 0.2) is 0 Å². The zero-order chi connectivity index (χ0) is 19.7. The van der Waals surface area contributed by atoms with Crippen molar-refractivity contribution in [1.29, 1.82) is 0 Å². The Morgan fingerprint density at radius 2 is 1.54 bits per heavy atom. The van der Waals surface area contributed by atoms with Gasteiger partial charge in [-0.1, -0.05) is 27.7 Å². The van der Waals surface area contributed by atoms with Gasteiger partial charge in [-0.2, -0.15) is 17.4 Å². The molecule has 0 aliphatic heterocycles. The van der Waals surface area contributed by atoms with Crippen LogP contribution in [0.1, 0.15) is 40.5 Å². The Bertz CT molecular complexity index is 649. The van der Waals surface area contributed by atoms with Gasteiger partial charge in [0.2, 0.25) is 5.91 Å². The number of halogens is 1. The summed E-state index contributed by atoms with van der Waals surface area (Å²) >= 11 is 0. The van der Waals surface area contributed by atoms with Crippen molar-refractivity contribution >= 4 is 21.8 Å². The van der Waals surface area contributed by atoms with Crippen LogP contribution in [0.3, 0.4) is 0 Å². The fourth-order valence-electron chi connectivity index (χ4n) is 2.14. The second kappa shape index (κ2) is 10.6. The molecule has 1 aromatic rings. The van der Waals surface area contributed by atoms with Gasteiger partial charge in [0.25, 0.3) is 10.2 Å². The SMILES string of the molecule is CC(C)CCN(CCC(C)C)S(=O)(=O)NCC(=O)Nc1ccc(F)cc1. The molecule has 0 heterocycles. The molecule has 0 spiro atoms. The number of anilines is 1. The molecule has 0 fully saturated rings. The van der Waals surface area contributed by atoms with Crippen LogP contribution < -0.4 is 10.0 Å². The average Bonchev–Trinajstić information content (AvgIpc) is 2.54. The van der Waals surface area contributed by atoms with E-state index in [9.17, 15) is 17.6 Å². The van der Waals surface area contributed by atoms with Gasteiger partial charge in [0.05, 0.1) is 6.54 Å². The molecule has 1 aromatic carbocycles. The van der Waals surface area contributed by atoms with Crippen molar-refractivity contribution in [3.63, 3.8) is 0 Å². The molecule has 0 bridgehead atoms. The molecule has 0 aliphatic rings. The Hall–Kier alpha value is -1.51. The summed E-state index contributed by atoms with van der Waals surface area (Å²) in [5.41, 5.74) is 0.409. The van der Waals surface area contributed by atoms with Gasteiger partial charge in [-0.25, -0.2) is 4.39 Å². The van der Waals surface area contributed by atoms with Gasteiger partial charge in [-0.05, 0) is 48.9 Å². The highest BCUT2D eigenvalue weighted by atomic mass is 32.2. The summed E-state index contributed by atoms with van der Waals surface area (Å²) in [6, 6.07) is 5.28. The predicted octanol–water partition coefficient (Wildman–Crippen LogP) is 2.99. The lowest BCUT2D eigenvalue weighted by Gasteiger charge is -2.24. The topological polar surface area (TPSA) is 78.5 Å². The van der Waals surface area contributed by atoms with E-state index in [-0.39, 0.29) is 6.54 Å². The summed E-state index contributed by atoms with van der Waals surface area (Å²) in [6.07, 6.45) is 1.50. The molecule has 0 saturated heterocycles. The monoisotopic (exact) mass is 387 g/mol. The summed E-state index contributed by atoms with van der Waals surface area (Å²) in [5.74, 6) is -0.149. The van der Waals surface area contributed by atoms with Crippen LogP contribution in [0.15, 0.2) is 24.3 Å². The Labute approximate surface area is 156 Å². The highest BCUT2D eigenvalue weighted by Gasteiger charge is 2.22. The summed E-state index contributed by atoms with van der Waals surface area (Å²) in [7, 11) is -3.75. The Morgan fingerprint density at radius 1 is 1.04 bits per heavy atom. The number of benzene rings is 1. The molecular weight excluding hydrogens is 357 g/mol. The number of hydrogen-bond acceptors (Lipinski definition) is 3. The van der Waals surface area contributed by atoms with Crippen molar-refractivity contribution in [2.45, 2.75) is 40.5 Å². The van der Waals surface area contributed by atoms with Crippen molar-refractivity contribution in [2.24, 2.45) is 11.8 Å². The molecular formula is C18H30FN3O3S. The fraction of sp³-hybridized carbons (Fsp3) is 0.611. The lowest BCUT2D eigenvalue weighted by atomic mass is 10.1. The molecule has 0 aromatic heterocycles. The van der Waals surface area contributed by atoms with Crippen LogP contribution in [-0.4, -0.2) is 38.3 Å². The molecule has 1 rings (SSSR count). The number of carbonyl (C=O) groups is 1. The summed E-state index contributed by atoms with van der Waals surface area (Å²) in [4.78, 5) is 11.9. The van der Waals surface area contributed by atoms with E-state index in [0.29, 0.717) is 30.6 Å². The van der Waals surface area contributed by atoms with Crippen molar-refractivity contribution in [2.75, 3.05) is 25.0 Å². The highest BCUT2D eigenvalue weighted by Crippen LogP contribution is 2.10. The molecule has 8 heteroatoms. The molecule has 148 valence electrons. The third kappa shape index (κ3) is 8.73. The van der Waals surface area contributed by atoms with Crippen molar-refractivity contribution in [3.05, 3.63) is 30.1 Å². The first-order chi connectivity index (χ1) is 12.1. The van der Waals surface area contributed by atoms with Crippen LogP contribution in [0.25, 0.3) is 0 Å². The second-order valence-electron chi connectivity index (χ2n) is 7.15. The zero-order valence-electron chi connectivity index (χ0n) is 16.0. The minimum atomic E-state index is -3.75. The quantitative estimate of drug-likeness (QED) is 0.613. The molecule has 2 N–H and O–H groups in total. The summed E-state index contributed by atoms with van der Waals surface area (Å²) < 4.78 is 41.7. The van der Waals surface area contributed by atoms with E-state index in [1.807, 2.05) is 27.7 Å². The maximum atomic E-state index is 12.9. The van der Waals surface area contributed by atoms with E-state index < -0.39 is 21.9 Å². The van der Waals surface area contributed by atoms with Gasteiger partial charge < -0.3 is 5.32 Å². The molecule has 0 radical (unpaired) electrons. The Kier molecular flexibility index (Phi) is 9.18. The first-order valence-electron chi connectivity index (χ1n) is 8.90. The number of nitrogens with one attached hydrogen (secondary N) is 2. The first kappa shape index (κ1) is 22.5. The largest absolute Gasteiger partial charge is 0.325 e. The zero-order valence-corrected chi connectivity index (χ0v) is 16.8. The minimum absolute atomic E-state index is 0.375. The molecule has 0 aliphatic carbocycles. The number of carbonyl (C=O) groups excluding carboxylic acids is 1. The first-order valence-corrected chi connectivity index (χ1v) is 10.3. The van der Waals surface area contributed by atoms with Crippen molar-refractivity contribution in [3.8, 4) is 0 Å². The van der Waals surface area contributed by atoms with Crippen molar-refractivity contribution < 1.29 is 17.6 Å². The van der Waals surface area contributed by atoms with Gasteiger partial charge in [-0.15, -0.1) is 0 Å². The molecule has 1 amide bonds. The van der Waals surface area contributed by atoms with Gasteiger partial charge in [0.1, 0.15) is 5.82 Å². The summed E-state index contributed by atoms with van der Waals surface area (Å²) in [5, 5.41) is 2.53. The molecule has 0 unspecified atom stereocenters. The fourth-order valence-corrected chi connectivity index (χ4v) is 3.33. The van der Waals surface area contributed by atoms with Crippen LogP contribution in [0.2, 0.25) is 0 Å². The second-order valence-corrected chi connectivity index (χ2v) is 8.90. The lowest BCUT2D eigenvalue weighted by Crippen LogP contribution is -2.45. The lowest BCUT2D eigenvalue weighted by molar-refractivity contribution is -0.115. The van der Waals surface area contributed by atoms with E-state index in [1.54, 1.807) is 0 Å². The van der Waals surface area contributed by atoms with Crippen LogP contribution >= 0.6 is 0 Å². The Morgan fingerprint density at radius 3 is 2.00 bits per heavy atom.